The number of nitrogens with one attached hydrogen (secondary N) is 1. The Morgan fingerprint density at radius 1 is 1.30 bits per heavy atom. The number of carbonyl (C=O) groups excluding carboxylic acids is 1. The highest BCUT2D eigenvalue weighted by molar-refractivity contribution is 7.99. The van der Waals surface area contributed by atoms with Gasteiger partial charge in [0, 0.05) is 18.1 Å². The van der Waals surface area contributed by atoms with Crippen LogP contribution in [0, 0.1) is 0 Å². The van der Waals surface area contributed by atoms with Gasteiger partial charge in [-0.2, -0.15) is 13.2 Å². The van der Waals surface area contributed by atoms with E-state index in [1.165, 1.54) is 30.2 Å². The lowest BCUT2D eigenvalue weighted by Crippen LogP contribution is -2.12. The molecular weight excluding hydrogens is 379 g/mol. The van der Waals surface area contributed by atoms with Gasteiger partial charge in [0.15, 0.2) is 5.82 Å². The number of ether oxygens (including phenoxy) is 1. The van der Waals surface area contributed by atoms with E-state index in [0.717, 1.165) is 12.1 Å². The van der Waals surface area contributed by atoms with Crippen LogP contribution in [0.2, 0.25) is 0 Å². The Morgan fingerprint density at radius 2 is 2.04 bits per heavy atom. The number of esters is 1. The van der Waals surface area contributed by atoms with Gasteiger partial charge in [-0.3, -0.25) is 4.79 Å². The van der Waals surface area contributed by atoms with Gasteiger partial charge in [-0.15, -0.1) is 11.8 Å². The maximum atomic E-state index is 12.9. The smallest absolute Gasteiger partial charge is 0.416 e. The fourth-order valence-corrected chi connectivity index (χ4v) is 3.11. The van der Waals surface area contributed by atoms with Crippen LogP contribution < -0.4 is 5.32 Å². The van der Waals surface area contributed by atoms with E-state index in [-0.39, 0.29) is 12.4 Å². The minimum absolute atomic E-state index is 0.234. The van der Waals surface area contributed by atoms with E-state index < -0.39 is 17.8 Å². The predicted octanol–water partition coefficient (Wildman–Crippen LogP) is 4.71. The molecule has 2 rings (SSSR count). The number of alkyl halides is 3. The second kappa shape index (κ2) is 9.59. The molecule has 0 amide bonds. The lowest BCUT2D eigenvalue weighted by atomic mass is 10.0. The van der Waals surface area contributed by atoms with E-state index in [1.54, 1.807) is 19.9 Å². The highest BCUT2D eigenvalue weighted by atomic mass is 32.2. The van der Waals surface area contributed by atoms with Crippen molar-refractivity contribution in [3.05, 3.63) is 47.8 Å². The molecule has 0 aliphatic carbocycles. The van der Waals surface area contributed by atoms with Crippen LogP contribution in [-0.4, -0.2) is 28.3 Å². The molecule has 0 bridgehead atoms. The molecule has 1 aromatic carbocycles. The maximum Gasteiger partial charge on any atom is 0.416 e. The molecule has 1 heterocycles. The average molecular weight is 399 g/mol. The van der Waals surface area contributed by atoms with Crippen molar-refractivity contribution in [3.63, 3.8) is 0 Å². The number of hydrogen-bond donors (Lipinski definition) is 1. The molecular formula is C18H20F3N3O2S. The van der Waals surface area contributed by atoms with Gasteiger partial charge in [0.25, 0.3) is 0 Å². The zero-order valence-electron chi connectivity index (χ0n) is 14.9. The van der Waals surface area contributed by atoms with Gasteiger partial charge in [0.05, 0.1) is 24.6 Å². The fraction of sp³-hybridized carbons (Fsp3) is 0.389. The van der Waals surface area contributed by atoms with Crippen molar-refractivity contribution >= 4 is 23.5 Å². The number of hydrogen-bond acceptors (Lipinski definition) is 6. The highest BCUT2D eigenvalue weighted by Gasteiger charge is 2.30. The Kier molecular flexibility index (Phi) is 7.46. The molecule has 0 spiro atoms. The second-order valence-electron chi connectivity index (χ2n) is 5.60. The van der Waals surface area contributed by atoms with Gasteiger partial charge in [-0.1, -0.05) is 12.1 Å². The van der Waals surface area contributed by atoms with Crippen LogP contribution in [-0.2, 0) is 15.7 Å². The summed E-state index contributed by atoms with van der Waals surface area (Å²) in [6.45, 7) is 3.82. The van der Waals surface area contributed by atoms with E-state index in [9.17, 15) is 18.0 Å². The van der Waals surface area contributed by atoms with Gasteiger partial charge in [-0.05, 0) is 31.5 Å². The van der Waals surface area contributed by atoms with Crippen LogP contribution >= 0.6 is 11.8 Å². The van der Waals surface area contributed by atoms with Crippen LogP contribution in [0.1, 0.15) is 37.4 Å². The highest BCUT2D eigenvalue weighted by Crippen LogP contribution is 2.32. The third kappa shape index (κ3) is 6.42. The Balaban J connectivity index is 2.06. The fourth-order valence-electron chi connectivity index (χ4n) is 2.27. The number of aromatic nitrogens is 2. The van der Waals surface area contributed by atoms with E-state index in [4.69, 9.17) is 4.74 Å². The van der Waals surface area contributed by atoms with E-state index in [0.29, 0.717) is 28.8 Å². The molecule has 0 aliphatic rings. The first-order chi connectivity index (χ1) is 12.8. The quantitative estimate of drug-likeness (QED) is 0.512. The van der Waals surface area contributed by atoms with Gasteiger partial charge in [-0.25, -0.2) is 9.97 Å². The summed E-state index contributed by atoms with van der Waals surface area (Å²) in [6.07, 6.45) is -1.14. The number of carbonyl (C=O) groups is 1. The molecule has 1 aromatic heterocycles. The van der Waals surface area contributed by atoms with E-state index in [1.807, 2.05) is 0 Å². The molecule has 0 unspecified atom stereocenters. The van der Waals surface area contributed by atoms with Crippen molar-refractivity contribution in [2.24, 2.45) is 0 Å². The molecule has 0 radical (unpaired) electrons. The number of thioether (sulfide) groups is 1. The largest absolute Gasteiger partial charge is 0.466 e. The van der Waals surface area contributed by atoms with Crippen LogP contribution in [0.4, 0.5) is 19.0 Å². The molecule has 0 saturated carbocycles. The Labute approximate surface area is 159 Å². The monoisotopic (exact) mass is 399 g/mol. The summed E-state index contributed by atoms with van der Waals surface area (Å²) in [5, 5.41) is 3.66. The molecule has 5 nitrogen and oxygen atoms in total. The summed E-state index contributed by atoms with van der Waals surface area (Å²) < 4.78 is 43.6. The van der Waals surface area contributed by atoms with E-state index >= 15 is 0 Å². The lowest BCUT2D eigenvalue weighted by molar-refractivity contribution is -0.142. The van der Waals surface area contributed by atoms with Crippen LogP contribution in [0.15, 0.2) is 41.7 Å². The molecule has 9 heteroatoms. The number of benzene rings is 1. The number of nitrogens with zero attached hydrogens (tertiary/aromatic N) is 2. The van der Waals surface area contributed by atoms with Crippen molar-refractivity contribution < 1.29 is 22.7 Å². The standard InChI is InChI=1S/C18H20F3N3O2S/c1-3-26-15(25)7-10-27-17-16(22-8-9-23-17)24-12(2)13-5-4-6-14(11-13)18(19,20)21/h4-6,8-9,11-12H,3,7,10H2,1-2H3,(H,22,24)/t12-/m0/s1. The second-order valence-corrected chi connectivity index (χ2v) is 6.69. The van der Waals surface area contributed by atoms with Crippen molar-refractivity contribution in [3.8, 4) is 0 Å². The summed E-state index contributed by atoms with van der Waals surface area (Å²) in [6, 6.07) is 4.74. The third-order valence-electron chi connectivity index (χ3n) is 3.58. The topological polar surface area (TPSA) is 64.1 Å². The third-order valence-corrected chi connectivity index (χ3v) is 4.56. The summed E-state index contributed by atoms with van der Waals surface area (Å²) in [7, 11) is 0. The first-order valence-corrected chi connectivity index (χ1v) is 9.33. The average Bonchev–Trinajstić information content (AvgIpc) is 2.63. The molecule has 146 valence electrons. The van der Waals surface area contributed by atoms with Crippen molar-refractivity contribution in [1.82, 2.24) is 9.97 Å². The molecule has 27 heavy (non-hydrogen) atoms. The first kappa shape index (κ1) is 21.0. The zero-order valence-corrected chi connectivity index (χ0v) is 15.7. The maximum absolute atomic E-state index is 12.9. The van der Waals surface area contributed by atoms with Crippen molar-refractivity contribution in [2.75, 3.05) is 17.7 Å². The van der Waals surface area contributed by atoms with Crippen molar-refractivity contribution in [2.45, 2.75) is 37.5 Å². The Bertz CT molecular complexity index is 772. The number of rotatable bonds is 8. The minimum atomic E-state index is -4.39. The van der Waals surface area contributed by atoms with Crippen molar-refractivity contribution in [1.29, 1.82) is 0 Å². The van der Waals surface area contributed by atoms with Gasteiger partial charge >= 0.3 is 12.1 Å². The van der Waals surface area contributed by atoms with Gasteiger partial charge in [0.1, 0.15) is 5.03 Å². The minimum Gasteiger partial charge on any atom is -0.466 e. The number of halogens is 3. The summed E-state index contributed by atoms with van der Waals surface area (Å²) >= 11 is 1.33. The van der Waals surface area contributed by atoms with E-state index in [2.05, 4.69) is 15.3 Å². The summed E-state index contributed by atoms with van der Waals surface area (Å²) in [5.41, 5.74) is -0.213. The first-order valence-electron chi connectivity index (χ1n) is 8.34. The molecule has 2 aromatic rings. The molecule has 1 N–H and O–H groups in total. The molecule has 0 fully saturated rings. The Hall–Kier alpha value is -2.29. The predicted molar refractivity (Wildman–Crippen MR) is 97.5 cm³/mol. The Morgan fingerprint density at radius 3 is 2.74 bits per heavy atom. The zero-order chi connectivity index (χ0) is 19.9. The number of anilines is 1. The summed E-state index contributed by atoms with van der Waals surface area (Å²) in [5.74, 6) is 0.626. The lowest BCUT2D eigenvalue weighted by Gasteiger charge is -2.18. The molecule has 0 saturated heterocycles. The van der Waals surface area contributed by atoms with Crippen LogP contribution in [0.3, 0.4) is 0 Å². The van der Waals surface area contributed by atoms with Crippen LogP contribution in [0.5, 0.6) is 0 Å². The molecule has 1 atom stereocenters. The SMILES string of the molecule is CCOC(=O)CCSc1nccnc1N[C@@H](C)c1cccc(C(F)(F)F)c1. The van der Waals surface area contributed by atoms with Gasteiger partial charge < -0.3 is 10.1 Å². The normalized spacial score (nSPS) is 12.5. The summed E-state index contributed by atoms with van der Waals surface area (Å²) in [4.78, 5) is 19.9. The molecule has 0 aliphatic heterocycles. The van der Waals surface area contributed by atoms with Crippen LogP contribution in [0.25, 0.3) is 0 Å². The van der Waals surface area contributed by atoms with Gasteiger partial charge in [0.2, 0.25) is 0 Å².